The van der Waals surface area contributed by atoms with Gasteiger partial charge in [0.1, 0.15) is 0 Å². The number of hydrogen-bond acceptors (Lipinski definition) is 3. The summed E-state index contributed by atoms with van der Waals surface area (Å²) >= 11 is 0. The zero-order valence-electron chi connectivity index (χ0n) is 11.2. The van der Waals surface area contributed by atoms with Gasteiger partial charge >= 0.3 is 0 Å². The molecule has 1 fully saturated rings. The molecule has 0 saturated carbocycles. The molecule has 1 heterocycles. The van der Waals surface area contributed by atoms with E-state index in [0.717, 1.165) is 45.6 Å². The molecule has 4 nitrogen and oxygen atoms in total. The summed E-state index contributed by atoms with van der Waals surface area (Å²) in [4.78, 5) is 15.6. The second-order valence-electron chi connectivity index (χ2n) is 5.45. The number of nitriles is 1. The van der Waals surface area contributed by atoms with E-state index in [1.165, 1.54) is 0 Å². The van der Waals surface area contributed by atoms with Crippen LogP contribution in [0.4, 0.5) is 0 Å². The molecule has 0 aromatic rings. The van der Waals surface area contributed by atoms with Gasteiger partial charge in [-0.15, -0.1) is 0 Å². The number of amides is 1. The van der Waals surface area contributed by atoms with Gasteiger partial charge in [0, 0.05) is 26.6 Å². The second-order valence-corrected chi connectivity index (χ2v) is 5.45. The van der Waals surface area contributed by atoms with E-state index in [9.17, 15) is 4.79 Å². The van der Waals surface area contributed by atoms with Gasteiger partial charge in [0.05, 0.1) is 11.5 Å². The first kappa shape index (κ1) is 14.0. The summed E-state index contributed by atoms with van der Waals surface area (Å²) in [5.74, 6) is 0.171. The van der Waals surface area contributed by atoms with Crippen LogP contribution in [0, 0.1) is 16.7 Å². The number of carbonyl (C=O) groups excluding carboxylic acids is 1. The first-order valence-corrected chi connectivity index (χ1v) is 6.34. The average molecular weight is 237 g/mol. The Kier molecular flexibility index (Phi) is 4.95. The van der Waals surface area contributed by atoms with Crippen molar-refractivity contribution in [3.8, 4) is 6.07 Å². The first-order valence-electron chi connectivity index (χ1n) is 6.34. The predicted molar refractivity (Wildman–Crippen MR) is 67.3 cm³/mol. The maximum atomic E-state index is 11.3. The fourth-order valence-corrected chi connectivity index (χ4v) is 2.00. The predicted octanol–water partition coefficient (Wildman–Crippen LogP) is 1.48. The highest BCUT2D eigenvalue weighted by Gasteiger charge is 2.20. The minimum Gasteiger partial charge on any atom is -0.342 e. The van der Waals surface area contributed by atoms with Crippen LogP contribution >= 0.6 is 0 Å². The van der Waals surface area contributed by atoms with Crippen molar-refractivity contribution >= 4 is 5.91 Å². The van der Waals surface area contributed by atoms with Gasteiger partial charge in [0.15, 0.2) is 0 Å². The smallest absolute Gasteiger partial charge is 0.219 e. The van der Waals surface area contributed by atoms with E-state index in [-0.39, 0.29) is 11.3 Å². The van der Waals surface area contributed by atoms with Gasteiger partial charge in [-0.25, -0.2) is 0 Å². The maximum absolute atomic E-state index is 11.3. The van der Waals surface area contributed by atoms with Gasteiger partial charge in [-0.1, -0.05) is 0 Å². The molecular formula is C13H23N3O. The van der Waals surface area contributed by atoms with E-state index in [1.54, 1.807) is 6.92 Å². The van der Waals surface area contributed by atoms with Crippen molar-refractivity contribution < 1.29 is 4.79 Å². The van der Waals surface area contributed by atoms with Crippen LogP contribution in [0.2, 0.25) is 0 Å². The van der Waals surface area contributed by atoms with Gasteiger partial charge in [-0.2, -0.15) is 5.26 Å². The lowest BCUT2D eigenvalue weighted by Gasteiger charge is -2.24. The lowest BCUT2D eigenvalue weighted by atomic mass is 9.91. The molecule has 0 aromatic heterocycles. The lowest BCUT2D eigenvalue weighted by Crippen LogP contribution is -2.34. The van der Waals surface area contributed by atoms with Crippen LogP contribution in [0.3, 0.4) is 0 Å². The first-order chi connectivity index (χ1) is 7.94. The highest BCUT2D eigenvalue weighted by atomic mass is 16.2. The van der Waals surface area contributed by atoms with Gasteiger partial charge in [-0.05, 0) is 39.8 Å². The minimum absolute atomic E-state index is 0.171. The molecule has 0 radical (unpaired) electrons. The number of rotatable bonds is 3. The monoisotopic (exact) mass is 237 g/mol. The van der Waals surface area contributed by atoms with E-state index in [0.29, 0.717) is 0 Å². The third-order valence-electron chi connectivity index (χ3n) is 3.39. The van der Waals surface area contributed by atoms with Crippen molar-refractivity contribution in [2.24, 2.45) is 5.41 Å². The fourth-order valence-electron chi connectivity index (χ4n) is 2.00. The number of nitrogens with zero attached hydrogens (tertiary/aromatic N) is 3. The van der Waals surface area contributed by atoms with Crippen LogP contribution < -0.4 is 0 Å². The Morgan fingerprint density at radius 1 is 1.29 bits per heavy atom. The Morgan fingerprint density at radius 3 is 2.59 bits per heavy atom. The molecule has 0 bridgehead atoms. The Balaban J connectivity index is 2.37. The Labute approximate surface area is 104 Å². The molecule has 96 valence electrons. The molecule has 0 aliphatic carbocycles. The number of carbonyl (C=O) groups is 1. The van der Waals surface area contributed by atoms with Crippen LogP contribution in [-0.4, -0.2) is 48.4 Å². The summed E-state index contributed by atoms with van der Waals surface area (Å²) in [6, 6.07) is 2.33. The van der Waals surface area contributed by atoms with E-state index in [2.05, 4.69) is 11.0 Å². The zero-order valence-corrected chi connectivity index (χ0v) is 11.2. The van der Waals surface area contributed by atoms with Gasteiger partial charge in [-0.3, -0.25) is 4.79 Å². The Morgan fingerprint density at radius 2 is 2.00 bits per heavy atom. The zero-order chi connectivity index (χ0) is 12.9. The van der Waals surface area contributed by atoms with E-state index in [1.807, 2.05) is 18.7 Å². The largest absolute Gasteiger partial charge is 0.342 e. The maximum Gasteiger partial charge on any atom is 0.219 e. The van der Waals surface area contributed by atoms with E-state index < -0.39 is 0 Å². The van der Waals surface area contributed by atoms with Crippen molar-refractivity contribution in [3.63, 3.8) is 0 Å². The van der Waals surface area contributed by atoms with Gasteiger partial charge < -0.3 is 9.80 Å². The molecule has 0 spiro atoms. The Hall–Kier alpha value is -1.08. The molecule has 17 heavy (non-hydrogen) atoms. The standard InChI is InChI=1S/C13H23N3O/c1-12(17)16-7-4-6-15(9-10-16)8-5-13(2,3)11-14/h4-10H2,1-3H3. The van der Waals surface area contributed by atoms with Crippen LogP contribution in [0.15, 0.2) is 0 Å². The highest BCUT2D eigenvalue weighted by molar-refractivity contribution is 5.73. The molecule has 0 atom stereocenters. The quantitative estimate of drug-likeness (QED) is 0.747. The third kappa shape index (κ3) is 4.74. The molecular weight excluding hydrogens is 214 g/mol. The molecule has 0 N–H and O–H groups in total. The molecule has 1 amide bonds. The topological polar surface area (TPSA) is 47.3 Å². The molecule has 0 unspecified atom stereocenters. The summed E-state index contributed by atoms with van der Waals surface area (Å²) in [5.41, 5.74) is -0.243. The number of hydrogen-bond donors (Lipinski definition) is 0. The molecule has 4 heteroatoms. The van der Waals surface area contributed by atoms with Crippen LogP contribution in [0.25, 0.3) is 0 Å². The van der Waals surface area contributed by atoms with E-state index in [4.69, 9.17) is 5.26 Å². The van der Waals surface area contributed by atoms with Crippen LogP contribution in [0.5, 0.6) is 0 Å². The van der Waals surface area contributed by atoms with Gasteiger partial charge in [0.25, 0.3) is 0 Å². The summed E-state index contributed by atoms with van der Waals surface area (Å²) < 4.78 is 0. The van der Waals surface area contributed by atoms with E-state index >= 15 is 0 Å². The van der Waals surface area contributed by atoms with Gasteiger partial charge in [0.2, 0.25) is 5.91 Å². The molecule has 1 aliphatic heterocycles. The van der Waals surface area contributed by atoms with Crippen molar-refractivity contribution in [1.82, 2.24) is 9.80 Å². The van der Waals surface area contributed by atoms with Crippen LogP contribution in [0.1, 0.15) is 33.6 Å². The fraction of sp³-hybridized carbons (Fsp3) is 0.846. The molecule has 1 rings (SSSR count). The van der Waals surface area contributed by atoms with Crippen molar-refractivity contribution in [1.29, 1.82) is 5.26 Å². The summed E-state index contributed by atoms with van der Waals surface area (Å²) in [6.07, 6.45) is 1.93. The SMILES string of the molecule is CC(=O)N1CCCN(CCC(C)(C)C#N)CC1. The summed E-state index contributed by atoms with van der Waals surface area (Å²) in [5, 5.41) is 8.97. The normalized spacial score (nSPS) is 18.6. The summed E-state index contributed by atoms with van der Waals surface area (Å²) in [6.45, 7) is 10.2. The molecule has 1 aliphatic rings. The lowest BCUT2D eigenvalue weighted by molar-refractivity contribution is -0.128. The Bertz CT molecular complexity index is 306. The highest BCUT2D eigenvalue weighted by Crippen LogP contribution is 2.19. The van der Waals surface area contributed by atoms with Crippen molar-refractivity contribution in [2.75, 3.05) is 32.7 Å². The second kappa shape index (κ2) is 6.02. The molecule has 1 saturated heterocycles. The third-order valence-corrected chi connectivity index (χ3v) is 3.39. The molecule has 0 aromatic carbocycles. The van der Waals surface area contributed by atoms with Crippen LogP contribution in [-0.2, 0) is 4.79 Å². The van der Waals surface area contributed by atoms with Crippen molar-refractivity contribution in [2.45, 2.75) is 33.6 Å². The minimum atomic E-state index is -0.243. The summed E-state index contributed by atoms with van der Waals surface area (Å²) in [7, 11) is 0. The van der Waals surface area contributed by atoms with Crippen molar-refractivity contribution in [3.05, 3.63) is 0 Å². The average Bonchev–Trinajstić information content (AvgIpc) is 2.52.